The summed E-state index contributed by atoms with van der Waals surface area (Å²) >= 11 is 0. The molecule has 3 rings (SSSR count). The average molecular weight is 289 g/mol. The number of nitrogens with zero attached hydrogens (tertiary/aromatic N) is 1. The molecule has 1 saturated carbocycles. The van der Waals surface area contributed by atoms with Gasteiger partial charge >= 0.3 is 5.97 Å². The first-order chi connectivity index (χ1) is 10.1. The van der Waals surface area contributed by atoms with E-state index in [2.05, 4.69) is 0 Å². The molecule has 1 aliphatic heterocycles. The van der Waals surface area contributed by atoms with Crippen LogP contribution in [-0.2, 0) is 22.6 Å². The average Bonchev–Trinajstić information content (AvgIpc) is 2.95. The molecule has 0 aromatic heterocycles. The number of carboxylic acids is 1. The normalized spacial score (nSPS) is 24.7. The van der Waals surface area contributed by atoms with Crippen LogP contribution in [0.2, 0.25) is 0 Å². The maximum atomic E-state index is 12.6. The number of benzene rings is 1. The van der Waals surface area contributed by atoms with Gasteiger partial charge in [0.25, 0.3) is 0 Å². The number of carbonyl (C=O) groups is 2. The van der Waals surface area contributed by atoms with Crippen molar-refractivity contribution < 1.29 is 19.8 Å². The summed E-state index contributed by atoms with van der Waals surface area (Å²) in [6.07, 6.45) is 2.82. The van der Waals surface area contributed by atoms with Crippen molar-refractivity contribution in [2.24, 2.45) is 11.8 Å². The molecule has 0 bridgehead atoms. The molecule has 5 heteroatoms. The lowest BCUT2D eigenvalue weighted by Gasteiger charge is -2.32. The van der Waals surface area contributed by atoms with Crippen molar-refractivity contribution in [1.29, 1.82) is 0 Å². The van der Waals surface area contributed by atoms with Crippen molar-refractivity contribution >= 4 is 11.9 Å². The molecule has 1 fully saturated rings. The van der Waals surface area contributed by atoms with Gasteiger partial charge in [-0.05, 0) is 42.5 Å². The number of hydrogen-bond acceptors (Lipinski definition) is 3. The van der Waals surface area contributed by atoms with Crippen molar-refractivity contribution in [3.05, 3.63) is 29.3 Å². The van der Waals surface area contributed by atoms with E-state index in [4.69, 9.17) is 0 Å². The fraction of sp³-hybridized carbons (Fsp3) is 0.500. The molecule has 112 valence electrons. The lowest BCUT2D eigenvalue weighted by Crippen LogP contribution is -2.41. The second-order valence-electron chi connectivity index (χ2n) is 5.94. The summed E-state index contributed by atoms with van der Waals surface area (Å²) in [4.78, 5) is 25.6. The summed E-state index contributed by atoms with van der Waals surface area (Å²) in [5.41, 5.74) is 2.11. The van der Waals surface area contributed by atoms with Crippen molar-refractivity contribution in [3.63, 3.8) is 0 Å². The topological polar surface area (TPSA) is 77.8 Å². The summed E-state index contributed by atoms with van der Waals surface area (Å²) < 4.78 is 0. The van der Waals surface area contributed by atoms with E-state index in [0.717, 1.165) is 24.0 Å². The van der Waals surface area contributed by atoms with Gasteiger partial charge < -0.3 is 15.1 Å². The van der Waals surface area contributed by atoms with Crippen LogP contribution in [0.15, 0.2) is 18.2 Å². The SMILES string of the molecule is O=C(O)C1CCCC1C(=O)N1CCc2ccc(O)cc2C1. The van der Waals surface area contributed by atoms with Gasteiger partial charge in [-0.1, -0.05) is 12.5 Å². The lowest BCUT2D eigenvalue weighted by molar-refractivity contribution is -0.149. The highest BCUT2D eigenvalue weighted by molar-refractivity contribution is 5.85. The van der Waals surface area contributed by atoms with E-state index in [-0.39, 0.29) is 17.6 Å². The Labute approximate surface area is 123 Å². The zero-order valence-corrected chi connectivity index (χ0v) is 11.8. The molecule has 2 aliphatic rings. The van der Waals surface area contributed by atoms with Crippen LogP contribution in [0, 0.1) is 11.8 Å². The highest BCUT2D eigenvalue weighted by Gasteiger charge is 2.40. The van der Waals surface area contributed by atoms with Crippen LogP contribution in [0.5, 0.6) is 5.75 Å². The van der Waals surface area contributed by atoms with Gasteiger partial charge in [0.1, 0.15) is 5.75 Å². The number of rotatable bonds is 2. The number of phenolic OH excluding ortho intramolecular Hbond substituents is 1. The number of phenols is 1. The van der Waals surface area contributed by atoms with E-state index in [0.29, 0.717) is 25.9 Å². The predicted octanol–water partition coefficient (Wildman–Crippen LogP) is 1.78. The number of hydrogen-bond donors (Lipinski definition) is 2. The Hall–Kier alpha value is -2.04. The minimum atomic E-state index is -0.860. The van der Waals surface area contributed by atoms with Gasteiger partial charge in [-0.2, -0.15) is 0 Å². The first-order valence-electron chi connectivity index (χ1n) is 7.38. The maximum absolute atomic E-state index is 12.6. The number of carbonyl (C=O) groups excluding carboxylic acids is 1. The molecular formula is C16H19NO4. The van der Waals surface area contributed by atoms with Gasteiger partial charge in [0.15, 0.2) is 0 Å². The van der Waals surface area contributed by atoms with E-state index in [1.165, 1.54) is 0 Å². The van der Waals surface area contributed by atoms with Crippen LogP contribution < -0.4 is 0 Å². The molecule has 0 radical (unpaired) electrons. The highest BCUT2D eigenvalue weighted by Crippen LogP contribution is 2.34. The second kappa shape index (κ2) is 5.39. The maximum Gasteiger partial charge on any atom is 0.307 e. The van der Waals surface area contributed by atoms with Crippen LogP contribution in [0.4, 0.5) is 0 Å². The third kappa shape index (κ3) is 2.60. The summed E-state index contributed by atoms with van der Waals surface area (Å²) in [7, 11) is 0. The molecule has 2 unspecified atom stereocenters. The Balaban J connectivity index is 1.76. The number of amides is 1. The van der Waals surface area contributed by atoms with Gasteiger partial charge in [0, 0.05) is 13.1 Å². The largest absolute Gasteiger partial charge is 0.508 e. The minimum Gasteiger partial charge on any atom is -0.508 e. The fourth-order valence-electron chi connectivity index (χ4n) is 3.52. The van der Waals surface area contributed by atoms with Crippen molar-refractivity contribution in [3.8, 4) is 5.75 Å². The van der Waals surface area contributed by atoms with Crippen molar-refractivity contribution in [2.75, 3.05) is 6.54 Å². The molecule has 1 amide bonds. The zero-order valence-electron chi connectivity index (χ0n) is 11.8. The molecule has 0 saturated heterocycles. The van der Waals surface area contributed by atoms with Crippen molar-refractivity contribution in [1.82, 2.24) is 4.90 Å². The van der Waals surface area contributed by atoms with Gasteiger partial charge in [0.2, 0.25) is 5.91 Å². The Morgan fingerprint density at radius 2 is 1.90 bits per heavy atom. The van der Waals surface area contributed by atoms with Gasteiger partial charge in [-0.25, -0.2) is 0 Å². The Morgan fingerprint density at radius 1 is 1.14 bits per heavy atom. The van der Waals surface area contributed by atoms with Crippen LogP contribution in [0.3, 0.4) is 0 Å². The third-order valence-electron chi connectivity index (χ3n) is 4.66. The zero-order chi connectivity index (χ0) is 15.0. The Kier molecular flexibility index (Phi) is 3.57. The minimum absolute atomic E-state index is 0.0473. The van der Waals surface area contributed by atoms with Gasteiger partial charge in [-0.3, -0.25) is 9.59 Å². The Bertz CT molecular complexity index is 584. The number of aromatic hydroxyl groups is 1. The highest BCUT2D eigenvalue weighted by atomic mass is 16.4. The third-order valence-corrected chi connectivity index (χ3v) is 4.66. The molecule has 2 N–H and O–H groups in total. The van der Waals surface area contributed by atoms with Crippen LogP contribution in [-0.4, -0.2) is 33.5 Å². The molecule has 1 aromatic rings. The van der Waals surface area contributed by atoms with Crippen LogP contribution in [0.25, 0.3) is 0 Å². The summed E-state index contributed by atoms with van der Waals surface area (Å²) in [5, 5.41) is 18.8. The van der Waals surface area contributed by atoms with Crippen molar-refractivity contribution in [2.45, 2.75) is 32.2 Å². The molecular weight excluding hydrogens is 270 g/mol. The van der Waals surface area contributed by atoms with E-state index < -0.39 is 11.9 Å². The predicted molar refractivity (Wildman–Crippen MR) is 75.7 cm³/mol. The van der Waals surface area contributed by atoms with E-state index in [9.17, 15) is 19.8 Å². The van der Waals surface area contributed by atoms with Gasteiger partial charge in [-0.15, -0.1) is 0 Å². The first kappa shape index (κ1) is 13.9. The lowest BCUT2D eigenvalue weighted by atomic mass is 9.92. The number of carboxylic acid groups (broad SMARTS) is 1. The van der Waals surface area contributed by atoms with Gasteiger partial charge in [0.05, 0.1) is 11.8 Å². The molecule has 0 spiro atoms. The smallest absolute Gasteiger partial charge is 0.307 e. The quantitative estimate of drug-likeness (QED) is 0.870. The Morgan fingerprint density at radius 3 is 2.67 bits per heavy atom. The molecule has 1 heterocycles. The summed E-state index contributed by atoms with van der Waals surface area (Å²) in [5.74, 6) is -1.63. The molecule has 5 nitrogen and oxygen atoms in total. The molecule has 2 atom stereocenters. The van der Waals surface area contributed by atoms with Crippen LogP contribution in [0.1, 0.15) is 30.4 Å². The number of aliphatic carboxylic acids is 1. The molecule has 1 aliphatic carbocycles. The fourth-order valence-corrected chi connectivity index (χ4v) is 3.52. The molecule has 21 heavy (non-hydrogen) atoms. The van der Waals surface area contributed by atoms with E-state index in [1.807, 2.05) is 6.07 Å². The summed E-state index contributed by atoms with van der Waals surface area (Å²) in [6.45, 7) is 1.09. The van der Waals surface area contributed by atoms with E-state index in [1.54, 1.807) is 17.0 Å². The van der Waals surface area contributed by atoms with Crippen LogP contribution >= 0.6 is 0 Å². The number of fused-ring (bicyclic) bond motifs is 1. The first-order valence-corrected chi connectivity index (χ1v) is 7.38. The second-order valence-corrected chi connectivity index (χ2v) is 5.94. The van der Waals surface area contributed by atoms with E-state index >= 15 is 0 Å². The summed E-state index contributed by atoms with van der Waals surface area (Å²) in [6, 6.07) is 5.24. The molecule has 1 aromatic carbocycles. The standard InChI is InChI=1S/C16H19NO4/c18-12-5-4-10-6-7-17(9-11(10)8-12)15(19)13-2-1-3-14(13)16(20)21/h4-5,8,13-14,18H,1-3,6-7,9H2,(H,20,21). The monoisotopic (exact) mass is 289 g/mol.